The average molecular weight is 379 g/mol. The van der Waals surface area contributed by atoms with Crippen LogP contribution in [0.15, 0.2) is 23.2 Å². The Hall–Kier alpha value is -0.850. The summed E-state index contributed by atoms with van der Waals surface area (Å²) in [5.41, 5.74) is 1.71. The van der Waals surface area contributed by atoms with Crippen LogP contribution >= 0.6 is 24.0 Å². The normalized spacial score (nSPS) is 12.6. The van der Waals surface area contributed by atoms with E-state index in [0.29, 0.717) is 18.2 Å². The van der Waals surface area contributed by atoms with Crippen molar-refractivity contribution >= 4 is 29.9 Å². The van der Waals surface area contributed by atoms with Crippen molar-refractivity contribution in [1.82, 2.24) is 10.6 Å². The third kappa shape index (κ3) is 6.22. The Morgan fingerprint density at radius 2 is 2.11 bits per heavy atom. The molecular weight excluding hydrogens is 356 g/mol. The molecule has 0 amide bonds. The van der Waals surface area contributed by atoms with Crippen molar-refractivity contribution in [3.8, 4) is 0 Å². The summed E-state index contributed by atoms with van der Waals surface area (Å²) < 4.78 is 13.1. The van der Waals surface area contributed by atoms with E-state index in [1.807, 2.05) is 6.07 Å². The Morgan fingerprint density at radius 3 is 2.63 bits per heavy atom. The fraction of sp³-hybridized carbons (Fsp3) is 0.500. The summed E-state index contributed by atoms with van der Waals surface area (Å²) in [4.78, 5) is 4.15. The van der Waals surface area contributed by atoms with Gasteiger partial charge in [0.25, 0.3) is 0 Å². The molecule has 2 N–H and O–H groups in total. The number of nitrogens with one attached hydrogen (secondary N) is 2. The molecule has 1 aromatic carbocycles. The van der Waals surface area contributed by atoms with E-state index in [0.717, 1.165) is 17.9 Å². The second kappa shape index (κ2) is 9.12. The maximum absolute atomic E-state index is 13.1. The Balaban J connectivity index is 0.00000324. The van der Waals surface area contributed by atoms with E-state index in [9.17, 15) is 4.39 Å². The highest BCUT2D eigenvalue weighted by molar-refractivity contribution is 14.0. The molecule has 5 heteroatoms. The fourth-order valence-electron chi connectivity index (χ4n) is 1.53. The molecule has 0 aromatic heterocycles. The lowest BCUT2D eigenvalue weighted by Gasteiger charge is -2.16. The van der Waals surface area contributed by atoms with Crippen molar-refractivity contribution in [2.75, 3.05) is 7.05 Å². The molecule has 1 atom stereocenters. The van der Waals surface area contributed by atoms with E-state index >= 15 is 0 Å². The molecule has 0 fully saturated rings. The Bertz CT molecular complexity index is 421. The second-order valence-corrected chi connectivity index (χ2v) is 4.46. The van der Waals surface area contributed by atoms with Gasteiger partial charge in [0.05, 0.1) is 0 Å². The van der Waals surface area contributed by atoms with Crippen LogP contribution in [-0.2, 0) is 6.54 Å². The Labute approximate surface area is 132 Å². The number of hydrogen-bond donors (Lipinski definition) is 2. The van der Waals surface area contributed by atoms with E-state index < -0.39 is 0 Å². The molecule has 0 heterocycles. The molecule has 0 bridgehead atoms. The monoisotopic (exact) mass is 379 g/mol. The van der Waals surface area contributed by atoms with Crippen molar-refractivity contribution in [2.24, 2.45) is 4.99 Å². The summed E-state index contributed by atoms with van der Waals surface area (Å²) in [6, 6.07) is 5.51. The molecule has 0 aliphatic rings. The molecule has 0 aliphatic heterocycles. The quantitative estimate of drug-likeness (QED) is 0.479. The topological polar surface area (TPSA) is 36.4 Å². The Morgan fingerprint density at radius 1 is 1.42 bits per heavy atom. The summed E-state index contributed by atoms with van der Waals surface area (Å²) in [5, 5.41) is 6.49. The van der Waals surface area contributed by atoms with Crippen LogP contribution in [0.5, 0.6) is 0 Å². The SMILES string of the molecule is CCC(C)NC(=NC)NCc1ccc(F)c(C)c1.I. The molecule has 19 heavy (non-hydrogen) atoms. The highest BCUT2D eigenvalue weighted by Gasteiger charge is 2.03. The first-order valence-corrected chi connectivity index (χ1v) is 6.29. The number of guanidine groups is 1. The number of benzene rings is 1. The number of nitrogens with zero attached hydrogens (tertiary/aromatic N) is 1. The smallest absolute Gasteiger partial charge is 0.191 e. The third-order valence-electron chi connectivity index (χ3n) is 2.90. The largest absolute Gasteiger partial charge is 0.354 e. The van der Waals surface area contributed by atoms with Gasteiger partial charge in [0.1, 0.15) is 5.82 Å². The van der Waals surface area contributed by atoms with Crippen molar-refractivity contribution in [3.63, 3.8) is 0 Å². The minimum absolute atomic E-state index is 0. The van der Waals surface area contributed by atoms with Crippen LogP contribution in [0.1, 0.15) is 31.4 Å². The van der Waals surface area contributed by atoms with Crippen molar-refractivity contribution in [3.05, 3.63) is 35.1 Å². The van der Waals surface area contributed by atoms with Gasteiger partial charge in [-0.15, -0.1) is 24.0 Å². The van der Waals surface area contributed by atoms with Gasteiger partial charge in [-0.3, -0.25) is 4.99 Å². The van der Waals surface area contributed by atoms with Crippen LogP contribution in [0, 0.1) is 12.7 Å². The highest BCUT2D eigenvalue weighted by Crippen LogP contribution is 2.08. The van der Waals surface area contributed by atoms with Crippen molar-refractivity contribution in [1.29, 1.82) is 0 Å². The molecule has 0 aliphatic carbocycles. The molecule has 0 saturated carbocycles. The molecule has 108 valence electrons. The molecule has 0 radical (unpaired) electrons. The van der Waals surface area contributed by atoms with Gasteiger partial charge in [0, 0.05) is 19.6 Å². The fourth-order valence-corrected chi connectivity index (χ4v) is 1.53. The number of halogens is 2. The lowest BCUT2D eigenvalue weighted by Crippen LogP contribution is -2.41. The first-order valence-electron chi connectivity index (χ1n) is 6.29. The maximum Gasteiger partial charge on any atom is 0.191 e. The van der Waals surface area contributed by atoms with Crippen LogP contribution in [0.4, 0.5) is 4.39 Å². The minimum atomic E-state index is -0.166. The van der Waals surface area contributed by atoms with Crippen molar-refractivity contribution < 1.29 is 4.39 Å². The zero-order valence-corrected chi connectivity index (χ0v) is 14.3. The zero-order valence-electron chi connectivity index (χ0n) is 12.0. The van der Waals surface area contributed by atoms with Gasteiger partial charge in [0.15, 0.2) is 5.96 Å². The van der Waals surface area contributed by atoms with Crippen LogP contribution in [0.3, 0.4) is 0 Å². The standard InChI is InChI=1S/C14H22FN3.HI/c1-5-11(3)18-14(16-4)17-9-12-6-7-13(15)10(2)8-12;/h6-8,11H,5,9H2,1-4H3,(H2,16,17,18);1H. The van der Waals surface area contributed by atoms with Gasteiger partial charge in [-0.05, 0) is 37.5 Å². The lowest BCUT2D eigenvalue weighted by molar-refractivity contribution is 0.615. The predicted octanol–water partition coefficient (Wildman–Crippen LogP) is 3.22. The maximum atomic E-state index is 13.1. The van der Waals surface area contributed by atoms with E-state index in [4.69, 9.17) is 0 Å². The summed E-state index contributed by atoms with van der Waals surface area (Å²) >= 11 is 0. The first kappa shape index (κ1) is 18.1. The predicted molar refractivity (Wildman–Crippen MR) is 89.6 cm³/mol. The van der Waals surface area contributed by atoms with E-state index in [1.165, 1.54) is 6.07 Å². The van der Waals surface area contributed by atoms with Crippen LogP contribution < -0.4 is 10.6 Å². The van der Waals surface area contributed by atoms with E-state index in [1.54, 1.807) is 20.0 Å². The van der Waals surface area contributed by atoms with Crippen LogP contribution in [0.25, 0.3) is 0 Å². The van der Waals surface area contributed by atoms with Crippen LogP contribution in [0.2, 0.25) is 0 Å². The van der Waals surface area contributed by atoms with Gasteiger partial charge >= 0.3 is 0 Å². The molecule has 0 saturated heterocycles. The first-order chi connectivity index (χ1) is 8.56. The van der Waals surface area contributed by atoms with Gasteiger partial charge in [0.2, 0.25) is 0 Å². The zero-order chi connectivity index (χ0) is 13.5. The van der Waals surface area contributed by atoms with E-state index in [-0.39, 0.29) is 29.8 Å². The van der Waals surface area contributed by atoms with Gasteiger partial charge < -0.3 is 10.6 Å². The van der Waals surface area contributed by atoms with Crippen molar-refractivity contribution in [2.45, 2.75) is 39.8 Å². The highest BCUT2D eigenvalue weighted by atomic mass is 127. The number of aryl methyl sites for hydroxylation is 1. The lowest BCUT2D eigenvalue weighted by atomic mass is 10.1. The van der Waals surface area contributed by atoms with Gasteiger partial charge in [-0.25, -0.2) is 4.39 Å². The molecule has 3 nitrogen and oxygen atoms in total. The summed E-state index contributed by atoms with van der Waals surface area (Å²) in [7, 11) is 1.74. The van der Waals surface area contributed by atoms with E-state index in [2.05, 4.69) is 29.5 Å². The minimum Gasteiger partial charge on any atom is -0.354 e. The molecule has 1 rings (SSSR count). The Kier molecular flexibility index (Phi) is 8.71. The molecular formula is C14H23FIN3. The number of aliphatic imine (C=N–C) groups is 1. The van der Waals surface area contributed by atoms with Gasteiger partial charge in [-0.1, -0.05) is 19.1 Å². The summed E-state index contributed by atoms with van der Waals surface area (Å²) in [5.74, 6) is 0.604. The second-order valence-electron chi connectivity index (χ2n) is 4.46. The summed E-state index contributed by atoms with van der Waals surface area (Å²) in [6.07, 6.45) is 1.04. The average Bonchev–Trinajstić information content (AvgIpc) is 2.38. The van der Waals surface area contributed by atoms with Gasteiger partial charge in [-0.2, -0.15) is 0 Å². The summed E-state index contributed by atoms with van der Waals surface area (Å²) in [6.45, 7) is 6.63. The molecule has 1 unspecified atom stereocenters. The molecule has 0 spiro atoms. The number of rotatable bonds is 4. The van der Waals surface area contributed by atoms with Crippen LogP contribution in [-0.4, -0.2) is 19.0 Å². The molecule has 1 aromatic rings. The third-order valence-corrected chi connectivity index (χ3v) is 2.90. The number of hydrogen-bond acceptors (Lipinski definition) is 1.